The van der Waals surface area contributed by atoms with Crippen molar-refractivity contribution < 1.29 is 24.5 Å². The van der Waals surface area contributed by atoms with Crippen molar-refractivity contribution in [3.8, 4) is 0 Å². The number of carboxylic acid groups (broad SMARTS) is 1. The van der Waals surface area contributed by atoms with E-state index in [9.17, 15) is 14.7 Å². The lowest BCUT2D eigenvalue weighted by atomic mass is 9.90. The molecule has 0 aromatic rings. The summed E-state index contributed by atoms with van der Waals surface area (Å²) in [5.74, 6) is -2.00. The third-order valence-electron chi connectivity index (χ3n) is 2.31. The molecule has 0 saturated carbocycles. The Balaban J connectivity index is 4.95. The van der Waals surface area contributed by atoms with Crippen molar-refractivity contribution in [2.45, 2.75) is 51.7 Å². The van der Waals surface area contributed by atoms with Crippen molar-refractivity contribution in [1.82, 2.24) is 0 Å². The first-order chi connectivity index (χ1) is 6.90. The molecule has 0 amide bonds. The molecule has 0 fully saturated rings. The summed E-state index contributed by atoms with van der Waals surface area (Å²) >= 11 is 0. The molecule has 2 N–H and O–H groups in total. The number of hydrogen-bond acceptors (Lipinski definition) is 4. The Kier molecular flexibility index (Phi) is 5.28. The maximum absolute atomic E-state index is 11.1. The van der Waals surface area contributed by atoms with Crippen LogP contribution in [0.1, 0.15) is 40.0 Å². The average molecular weight is 218 g/mol. The highest BCUT2D eigenvalue weighted by Gasteiger charge is 2.46. The van der Waals surface area contributed by atoms with Crippen molar-refractivity contribution in [2.75, 3.05) is 0 Å². The quantitative estimate of drug-likeness (QED) is 0.648. The molecule has 0 aromatic carbocycles. The number of rotatable bonds is 6. The third kappa shape index (κ3) is 3.20. The lowest BCUT2D eigenvalue weighted by molar-refractivity contribution is -0.192. The highest BCUT2D eigenvalue weighted by Crippen LogP contribution is 2.24. The van der Waals surface area contributed by atoms with Gasteiger partial charge in [0.25, 0.3) is 0 Å². The van der Waals surface area contributed by atoms with E-state index in [1.54, 1.807) is 6.92 Å². The molecule has 0 aliphatic carbocycles. The Bertz CT molecular complexity index is 238. The predicted octanol–water partition coefficient (Wildman–Crippen LogP) is 0.944. The van der Waals surface area contributed by atoms with Crippen molar-refractivity contribution in [3.63, 3.8) is 0 Å². The zero-order chi connectivity index (χ0) is 12.1. The van der Waals surface area contributed by atoms with Crippen LogP contribution in [0.15, 0.2) is 0 Å². The van der Waals surface area contributed by atoms with Gasteiger partial charge in [-0.05, 0) is 12.8 Å². The van der Waals surface area contributed by atoms with Crippen LogP contribution in [0, 0.1) is 0 Å². The van der Waals surface area contributed by atoms with Gasteiger partial charge in [0.1, 0.15) is 6.10 Å². The first kappa shape index (κ1) is 13.9. The third-order valence-corrected chi connectivity index (χ3v) is 2.31. The fraction of sp³-hybridized carbons (Fsp3) is 0.800. The van der Waals surface area contributed by atoms with E-state index in [0.717, 1.165) is 6.92 Å². The molecule has 0 aromatic heterocycles. The van der Waals surface area contributed by atoms with Crippen LogP contribution in [0.3, 0.4) is 0 Å². The summed E-state index contributed by atoms with van der Waals surface area (Å²) in [5, 5.41) is 18.8. The molecule has 0 heterocycles. The van der Waals surface area contributed by atoms with E-state index in [1.165, 1.54) is 0 Å². The van der Waals surface area contributed by atoms with Gasteiger partial charge in [0.15, 0.2) is 0 Å². The molecule has 0 aliphatic rings. The smallest absolute Gasteiger partial charge is 0.350 e. The van der Waals surface area contributed by atoms with Gasteiger partial charge >= 0.3 is 11.9 Å². The standard InChI is InChI=1S/C10H18O5/c1-4-6-8(12)10(5-2,9(13)14)15-7(3)11/h8,12H,4-6H2,1-3H3,(H,13,14). The second-order valence-corrected chi connectivity index (χ2v) is 3.45. The molecule has 88 valence electrons. The predicted molar refractivity (Wildman–Crippen MR) is 53.3 cm³/mol. The summed E-state index contributed by atoms with van der Waals surface area (Å²) in [6.07, 6.45) is -0.220. The summed E-state index contributed by atoms with van der Waals surface area (Å²) in [5.41, 5.74) is -1.80. The van der Waals surface area contributed by atoms with Crippen molar-refractivity contribution >= 4 is 11.9 Å². The molecular formula is C10H18O5. The molecule has 0 bridgehead atoms. The SMILES string of the molecule is CCCC(O)C(CC)(OC(C)=O)C(=O)O. The minimum atomic E-state index is -1.80. The van der Waals surface area contributed by atoms with Crippen LogP contribution < -0.4 is 0 Å². The highest BCUT2D eigenvalue weighted by molar-refractivity contribution is 5.82. The molecule has 5 heteroatoms. The second-order valence-electron chi connectivity index (χ2n) is 3.45. The topological polar surface area (TPSA) is 83.8 Å². The zero-order valence-corrected chi connectivity index (χ0v) is 9.32. The van der Waals surface area contributed by atoms with Gasteiger partial charge in [-0.25, -0.2) is 4.79 Å². The highest BCUT2D eigenvalue weighted by atomic mass is 16.6. The maximum atomic E-state index is 11.1. The molecule has 0 rings (SSSR count). The van der Waals surface area contributed by atoms with Gasteiger partial charge in [-0.3, -0.25) is 4.79 Å². The summed E-state index contributed by atoms with van der Waals surface area (Å²) in [7, 11) is 0. The molecule has 0 spiro atoms. The van der Waals surface area contributed by atoms with Crippen LogP contribution >= 0.6 is 0 Å². The fourth-order valence-corrected chi connectivity index (χ4v) is 1.48. The Morgan fingerprint density at radius 3 is 2.20 bits per heavy atom. The normalized spacial score (nSPS) is 16.5. The van der Waals surface area contributed by atoms with Gasteiger partial charge in [0.05, 0.1) is 0 Å². The average Bonchev–Trinajstić information content (AvgIpc) is 2.13. The van der Waals surface area contributed by atoms with Gasteiger partial charge in [0, 0.05) is 6.92 Å². The summed E-state index contributed by atoms with van der Waals surface area (Å²) in [6.45, 7) is 4.52. The van der Waals surface area contributed by atoms with Gasteiger partial charge in [0.2, 0.25) is 5.60 Å². The fourth-order valence-electron chi connectivity index (χ4n) is 1.48. The Morgan fingerprint density at radius 2 is 1.93 bits per heavy atom. The van der Waals surface area contributed by atoms with E-state index < -0.39 is 23.6 Å². The van der Waals surface area contributed by atoms with E-state index in [0.29, 0.717) is 6.42 Å². The monoisotopic (exact) mass is 218 g/mol. The number of hydrogen-bond donors (Lipinski definition) is 2. The Labute approximate surface area is 89.0 Å². The summed E-state index contributed by atoms with van der Waals surface area (Å²) < 4.78 is 4.77. The number of esters is 1. The van der Waals surface area contributed by atoms with E-state index in [-0.39, 0.29) is 12.8 Å². The number of aliphatic carboxylic acids is 1. The van der Waals surface area contributed by atoms with Crippen LogP contribution in [0.5, 0.6) is 0 Å². The number of carbonyl (C=O) groups excluding carboxylic acids is 1. The lowest BCUT2D eigenvalue weighted by Gasteiger charge is -2.32. The molecule has 2 unspecified atom stereocenters. The molecule has 0 aliphatic heterocycles. The first-order valence-electron chi connectivity index (χ1n) is 5.01. The number of carbonyl (C=O) groups is 2. The lowest BCUT2D eigenvalue weighted by Crippen LogP contribution is -2.52. The zero-order valence-electron chi connectivity index (χ0n) is 9.32. The maximum Gasteiger partial charge on any atom is 0.350 e. The van der Waals surface area contributed by atoms with Crippen LogP contribution in [-0.2, 0) is 14.3 Å². The van der Waals surface area contributed by atoms with Gasteiger partial charge in [-0.2, -0.15) is 0 Å². The first-order valence-corrected chi connectivity index (χ1v) is 5.01. The van der Waals surface area contributed by atoms with Crippen molar-refractivity contribution in [1.29, 1.82) is 0 Å². The Morgan fingerprint density at radius 1 is 1.40 bits per heavy atom. The van der Waals surface area contributed by atoms with Crippen LogP contribution in [0.25, 0.3) is 0 Å². The van der Waals surface area contributed by atoms with Gasteiger partial charge < -0.3 is 14.9 Å². The number of carboxylic acids is 1. The summed E-state index contributed by atoms with van der Waals surface area (Å²) in [4.78, 5) is 21.9. The molecule has 0 saturated heterocycles. The minimum absolute atomic E-state index is 0.0447. The molecular weight excluding hydrogens is 200 g/mol. The van der Waals surface area contributed by atoms with E-state index >= 15 is 0 Å². The largest absolute Gasteiger partial charge is 0.478 e. The van der Waals surface area contributed by atoms with Gasteiger partial charge in [-0.1, -0.05) is 20.3 Å². The van der Waals surface area contributed by atoms with E-state index in [2.05, 4.69) is 0 Å². The molecule has 5 nitrogen and oxygen atoms in total. The molecule has 0 radical (unpaired) electrons. The van der Waals surface area contributed by atoms with E-state index in [1.807, 2.05) is 6.92 Å². The van der Waals surface area contributed by atoms with Crippen LogP contribution in [0.4, 0.5) is 0 Å². The Hall–Kier alpha value is -1.10. The number of ether oxygens (including phenoxy) is 1. The van der Waals surface area contributed by atoms with Crippen LogP contribution in [0.2, 0.25) is 0 Å². The van der Waals surface area contributed by atoms with Crippen molar-refractivity contribution in [2.24, 2.45) is 0 Å². The van der Waals surface area contributed by atoms with Crippen molar-refractivity contribution in [3.05, 3.63) is 0 Å². The second kappa shape index (κ2) is 5.70. The molecule has 15 heavy (non-hydrogen) atoms. The van der Waals surface area contributed by atoms with Gasteiger partial charge in [-0.15, -0.1) is 0 Å². The van der Waals surface area contributed by atoms with E-state index in [4.69, 9.17) is 9.84 Å². The minimum Gasteiger partial charge on any atom is -0.478 e. The van der Waals surface area contributed by atoms with Crippen LogP contribution in [-0.4, -0.2) is 33.9 Å². The number of aliphatic hydroxyl groups is 1. The number of aliphatic hydroxyl groups excluding tert-OH is 1. The molecule has 2 atom stereocenters. The summed E-state index contributed by atoms with van der Waals surface area (Å²) in [6, 6.07) is 0.